The number of anilines is 1. The lowest BCUT2D eigenvalue weighted by atomic mass is 10.0. The van der Waals surface area contributed by atoms with Gasteiger partial charge in [0.25, 0.3) is 0 Å². The quantitative estimate of drug-likeness (QED) is 0.854. The Kier molecular flexibility index (Phi) is 4.52. The molecule has 1 aliphatic carbocycles. The van der Waals surface area contributed by atoms with Gasteiger partial charge in [0.2, 0.25) is 0 Å². The predicted molar refractivity (Wildman–Crippen MR) is 79.4 cm³/mol. The zero-order chi connectivity index (χ0) is 13.1. The van der Waals surface area contributed by atoms with Crippen molar-refractivity contribution in [3.63, 3.8) is 0 Å². The summed E-state index contributed by atoms with van der Waals surface area (Å²) in [5.74, 6) is 0.860. The lowest BCUT2D eigenvalue weighted by molar-refractivity contribution is 0.644. The Hall–Kier alpha value is -0.730. The van der Waals surface area contributed by atoms with Crippen LogP contribution < -0.4 is 10.6 Å². The zero-order valence-electron chi connectivity index (χ0n) is 11.3. The molecular weight excluding hydrogens is 244 g/mol. The molecule has 1 aromatic rings. The Balaban J connectivity index is 2.18. The molecule has 2 nitrogen and oxygen atoms in total. The standard InChI is InChI=1S/C15H23ClN2/c1-3-13(17)9-12-5-4-6-14(16)15(12)18(2)10-11-7-8-11/h4-6,11,13H,3,7-10,17H2,1-2H3. The normalized spacial score (nSPS) is 16.7. The fraction of sp³-hybridized carbons (Fsp3) is 0.600. The van der Waals surface area contributed by atoms with Gasteiger partial charge in [-0.1, -0.05) is 30.7 Å². The minimum Gasteiger partial charge on any atom is -0.373 e. The van der Waals surface area contributed by atoms with Crippen molar-refractivity contribution in [3.05, 3.63) is 28.8 Å². The van der Waals surface area contributed by atoms with Crippen molar-refractivity contribution < 1.29 is 0 Å². The first-order valence-corrected chi connectivity index (χ1v) is 7.23. The fourth-order valence-corrected chi connectivity index (χ4v) is 2.70. The molecule has 0 aliphatic heterocycles. The van der Waals surface area contributed by atoms with Crippen molar-refractivity contribution in [2.24, 2.45) is 11.7 Å². The monoisotopic (exact) mass is 266 g/mol. The van der Waals surface area contributed by atoms with E-state index in [2.05, 4.69) is 24.9 Å². The highest BCUT2D eigenvalue weighted by atomic mass is 35.5. The van der Waals surface area contributed by atoms with Crippen LogP contribution in [0.15, 0.2) is 18.2 Å². The third-order valence-electron chi connectivity index (χ3n) is 3.69. The van der Waals surface area contributed by atoms with Crippen molar-refractivity contribution in [1.82, 2.24) is 0 Å². The smallest absolute Gasteiger partial charge is 0.0642 e. The van der Waals surface area contributed by atoms with Crippen LogP contribution in [-0.2, 0) is 6.42 Å². The number of para-hydroxylation sites is 1. The SMILES string of the molecule is CCC(N)Cc1cccc(Cl)c1N(C)CC1CC1. The molecule has 0 heterocycles. The van der Waals surface area contributed by atoms with Crippen LogP contribution in [0, 0.1) is 5.92 Å². The Morgan fingerprint density at radius 3 is 2.78 bits per heavy atom. The highest BCUT2D eigenvalue weighted by Gasteiger charge is 2.24. The van der Waals surface area contributed by atoms with Crippen LogP contribution >= 0.6 is 11.6 Å². The van der Waals surface area contributed by atoms with Crippen LogP contribution in [0.25, 0.3) is 0 Å². The molecule has 1 unspecified atom stereocenters. The van der Waals surface area contributed by atoms with Crippen LogP contribution in [0.3, 0.4) is 0 Å². The molecule has 0 aromatic heterocycles. The highest BCUT2D eigenvalue weighted by Crippen LogP contribution is 2.35. The van der Waals surface area contributed by atoms with Gasteiger partial charge in [-0.05, 0) is 43.2 Å². The van der Waals surface area contributed by atoms with Crippen molar-refractivity contribution in [2.45, 2.75) is 38.6 Å². The van der Waals surface area contributed by atoms with E-state index in [0.717, 1.165) is 30.3 Å². The summed E-state index contributed by atoms with van der Waals surface area (Å²) >= 11 is 6.37. The Morgan fingerprint density at radius 2 is 2.17 bits per heavy atom. The van der Waals surface area contributed by atoms with Crippen LogP contribution in [-0.4, -0.2) is 19.6 Å². The molecule has 0 spiro atoms. The minimum absolute atomic E-state index is 0.219. The van der Waals surface area contributed by atoms with Gasteiger partial charge in [0.15, 0.2) is 0 Å². The molecule has 0 bridgehead atoms. The van der Waals surface area contributed by atoms with Crippen molar-refractivity contribution >= 4 is 17.3 Å². The van der Waals surface area contributed by atoms with Gasteiger partial charge in [-0.2, -0.15) is 0 Å². The molecule has 0 amide bonds. The third kappa shape index (κ3) is 3.39. The number of rotatable bonds is 6. The van der Waals surface area contributed by atoms with Gasteiger partial charge in [-0.15, -0.1) is 0 Å². The second kappa shape index (κ2) is 5.94. The van der Waals surface area contributed by atoms with E-state index >= 15 is 0 Å². The molecule has 18 heavy (non-hydrogen) atoms. The number of nitrogens with zero attached hydrogens (tertiary/aromatic N) is 1. The maximum Gasteiger partial charge on any atom is 0.0642 e. The molecule has 1 aliphatic rings. The average Bonchev–Trinajstić information content (AvgIpc) is 3.12. The van der Waals surface area contributed by atoms with Gasteiger partial charge in [0.05, 0.1) is 10.7 Å². The number of nitrogens with two attached hydrogens (primary N) is 1. The first kappa shape index (κ1) is 13.7. The third-order valence-corrected chi connectivity index (χ3v) is 3.99. The summed E-state index contributed by atoms with van der Waals surface area (Å²) in [5, 5.41) is 0.846. The summed E-state index contributed by atoms with van der Waals surface area (Å²) in [4.78, 5) is 2.30. The van der Waals surface area contributed by atoms with Gasteiger partial charge in [0, 0.05) is 19.6 Å². The molecule has 1 saturated carbocycles. The fourth-order valence-electron chi connectivity index (χ4n) is 2.36. The topological polar surface area (TPSA) is 29.3 Å². The van der Waals surface area contributed by atoms with Gasteiger partial charge in [0.1, 0.15) is 0 Å². The number of halogens is 1. The largest absolute Gasteiger partial charge is 0.373 e. The first-order valence-electron chi connectivity index (χ1n) is 6.86. The van der Waals surface area contributed by atoms with Crippen LogP contribution in [0.2, 0.25) is 5.02 Å². The lowest BCUT2D eigenvalue weighted by Crippen LogP contribution is -2.25. The molecule has 1 aromatic carbocycles. The highest BCUT2D eigenvalue weighted by molar-refractivity contribution is 6.33. The summed E-state index contributed by atoms with van der Waals surface area (Å²) in [6.07, 6.45) is 4.62. The van der Waals surface area contributed by atoms with E-state index in [-0.39, 0.29) is 6.04 Å². The number of hydrogen-bond acceptors (Lipinski definition) is 2. The lowest BCUT2D eigenvalue weighted by Gasteiger charge is -2.24. The Labute approximate surface area is 115 Å². The van der Waals surface area contributed by atoms with E-state index in [4.69, 9.17) is 17.3 Å². The van der Waals surface area contributed by atoms with Crippen molar-refractivity contribution in [1.29, 1.82) is 0 Å². The number of hydrogen-bond donors (Lipinski definition) is 1. The Bertz CT molecular complexity index is 401. The molecule has 2 rings (SSSR count). The van der Waals surface area contributed by atoms with E-state index in [0.29, 0.717) is 0 Å². The van der Waals surface area contributed by atoms with Crippen LogP contribution in [0.1, 0.15) is 31.7 Å². The second-order valence-electron chi connectivity index (χ2n) is 5.44. The summed E-state index contributed by atoms with van der Waals surface area (Å²) in [5.41, 5.74) is 8.53. The van der Waals surface area contributed by atoms with Gasteiger partial charge < -0.3 is 10.6 Å². The molecule has 1 atom stereocenters. The van der Waals surface area contributed by atoms with Crippen LogP contribution in [0.4, 0.5) is 5.69 Å². The van der Waals surface area contributed by atoms with E-state index < -0.39 is 0 Å². The predicted octanol–water partition coefficient (Wildman–Crippen LogP) is 3.47. The average molecular weight is 267 g/mol. The Morgan fingerprint density at radius 1 is 1.44 bits per heavy atom. The van der Waals surface area contributed by atoms with E-state index in [9.17, 15) is 0 Å². The maximum atomic E-state index is 6.37. The molecule has 100 valence electrons. The zero-order valence-corrected chi connectivity index (χ0v) is 12.1. The van der Waals surface area contributed by atoms with Crippen molar-refractivity contribution in [2.75, 3.05) is 18.5 Å². The molecule has 0 radical (unpaired) electrons. The number of benzene rings is 1. The summed E-state index contributed by atoms with van der Waals surface area (Å²) in [6, 6.07) is 6.37. The summed E-state index contributed by atoms with van der Waals surface area (Å²) < 4.78 is 0. The molecule has 0 saturated heterocycles. The van der Waals surface area contributed by atoms with Gasteiger partial charge in [-0.25, -0.2) is 0 Å². The minimum atomic E-state index is 0.219. The van der Waals surface area contributed by atoms with E-state index in [1.54, 1.807) is 0 Å². The maximum absolute atomic E-state index is 6.37. The summed E-state index contributed by atoms with van der Waals surface area (Å²) in [6.45, 7) is 3.24. The van der Waals surface area contributed by atoms with Gasteiger partial charge in [-0.3, -0.25) is 0 Å². The molecule has 2 N–H and O–H groups in total. The van der Waals surface area contributed by atoms with Crippen molar-refractivity contribution in [3.8, 4) is 0 Å². The van der Waals surface area contributed by atoms with E-state index in [1.807, 2.05) is 12.1 Å². The molecule has 1 fully saturated rings. The van der Waals surface area contributed by atoms with Crippen LogP contribution in [0.5, 0.6) is 0 Å². The molecule has 3 heteroatoms. The second-order valence-corrected chi connectivity index (χ2v) is 5.85. The summed E-state index contributed by atoms with van der Waals surface area (Å²) in [7, 11) is 2.14. The molecular formula is C15H23ClN2. The van der Waals surface area contributed by atoms with Gasteiger partial charge >= 0.3 is 0 Å². The van der Waals surface area contributed by atoms with E-state index in [1.165, 1.54) is 24.1 Å². The first-order chi connectivity index (χ1) is 8.61.